The Kier molecular flexibility index (Phi) is 5.74. The molecule has 1 aromatic carbocycles. The van der Waals surface area contributed by atoms with Crippen LogP contribution in [0.1, 0.15) is 31.9 Å². The first-order valence-electron chi connectivity index (χ1n) is 9.22. The number of carboxylic acids is 1. The van der Waals surface area contributed by atoms with E-state index in [9.17, 15) is 14.7 Å². The van der Waals surface area contributed by atoms with E-state index >= 15 is 0 Å². The average molecular weight is 367 g/mol. The van der Waals surface area contributed by atoms with Gasteiger partial charge in [-0.15, -0.1) is 0 Å². The Labute approximate surface area is 159 Å². The molecule has 0 aliphatic carbocycles. The molecule has 2 amide bonds. The summed E-state index contributed by atoms with van der Waals surface area (Å²) in [5, 5.41) is 12.3. The Balaban J connectivity index is 1.63. The van der Waals surface area contributed by atoms with Gasteiger partial charge in [-0.2, -0.15) is 0 Å². The van der Waals surface area contributed by atoms with Crippen molar-refractivity contribution in [3.05, 3.63) is 54.4 Å². The third-order valence-corrected chi connectivity index (χ3v) is 5.06. The number of aliphatic carboxylic acids is 1. The summed E-state index contributed by atoms with van der Waals surface area (Å²) in [6.07, 6.45) is 4.14. The van der Waals surface area contributed by atoms with Crippen molar-refractivity contribution < 1.29 is 14.7 Å². The van der Waals surface area contributed by atoms with Crippen molar-refractivity contribution in [1.82, 2.24) is 15.2 Å². The Morgan fingerprint density at radius 1 is 1.11 bits per heavy atom. The number of carboxylic acid groups (broad SMARTS) is 1. The van der Waals surface area contributed by atoms with E-state index in [0.29, 0.717) is 13.0 Å². The standard InChI is InChI=1S/C21H25N3O3/c1-14-11-19(20(25)26)13-24(12-14)21(27)23-15(2)16-3-5-17(6-4-16)18-7-9-22-10-8-18/h3-10,14-15,19H,11-13H2,1-2H3,(H,23,27)(H,25,26). The lowest BCUT2D eigenvalue weighted by atomic mass is 9.91. The average Bonchev–Trinajstić information content (AvgIpc) is 2.68. The molecule has 0 spiro atoms. The van der Waals surface area contributed by atoms with Crippen LogP contribution in [0.3, 0.4) is 0 Å². The number of carbonyl (C=O) groups excluding carboxylic acids is 1. The number of urea groups is 1. The first-order chi connectivity index (χ1) is 12.9. The first kappa shape index (κ1) is 18.9. The minimum absolute atomic E-state index is 0.162. The smallest absolute Gasteiger partial charge is 0.317 e. The van der Waals surface area contributed by atoms with Crippen molar-refractivity contribution in [2.24, 2.45) is 11.8 Å². The summed E-state index contributed by atoms with van der Waals surface area (Å²) in [5.41, 5.74) is 3.19. The molecule has 0 bridgehead atoms. The summed E-state index contributed by atoms with van der Waals surface area (Å²) in [4.78, 5) is 29.5. The molecule has 3 unspecified atom stereocenters. The summed E-state index contributed by atoms with van der Waals surface area (Å²) < 4.78 is 0. The fraction of sp³-hybridized carbons (Fsp3) is 0.381. The highest BCUT2D eigenvalue weighted by molar-refractivity contribution is 5.77. The molecular formula is C21H25N3O3. The maximum absolute atomic E-state index is 12.6. The van der Waals surface area contributed by atoms with Gasteiger partial charge in [-0.1, -0.05) is 31.2 Å². The molecule has 1 saturated heterocycles. The maximum Gasteiger partial charge on any atom is 0.317 e. The summed E-state index contributed by atoms with van der Waals surface area (Å²) in [6, 6.07) is 11.6. The zero-order valence-electron chi connectivity index (χ0n) is 15.6. The normalized spacial score (nSPS) is 20.7. The number of carbonyl (C=O) groups is 2. The van der Waals surface area contributed by atoms with Gasteiger partial charge in [0.25, 0.3) is 0 Å². The number of amides is 2. The molecule has 1 aromatic heterocycles. The lowest BCUT2D eigenvalue weighted by Gasteiger charge is -2.35. The van der Waals surface area contributed by atoms with Crippen LogP contribution < -0.4 is 5.32 Å². The van der Waals surface area contributed by atoms with Crippen LogP contribution in [-0.2, 0) is 4.79 Å². The van der Waals surface area contributed by atoms with E-state index in [2.05, 4.69) is 10.3 Å². The third-order valence-electron chi connectivity index (χ3n) is 5.06. The second-order valence-corrected chi connectivity index (χ2v) is 7.31. The molecule has 2 aromatic rings. The van der Waals surface area contributed by atoms with Gasteiger partial charge in [0.05, 0.1) is 12.0 Å². The monoisotopic (exact) mass is 367 g/mol. The molecule has 6 heteroatoms. The van der Waals surface area contributed by atoms with Gasteiger partial charge in [0.2, 0.25) is 0 Å². The number of pyridine rings is 1. The van der Waals surface area contributed by atoms with Gasteiger partial charge in [0.15, 0.2) is 0 Å². The van der Waals surface area contributed by atoms with Gasteiger partial charge in [0, 0.05) is 25.5 Å². The second kappa shape index (κ2) is 8.20. The Morgan fingerprint density at radius 2 is 1.74 bits per heavy atom. The van der Waals surface area contributed by atoms with Crippen molar-refractivity contribution in [2.75, 3.05) is 13.1 Å². The molecule has 0 saturated carbocycles. The highest BCUT2D eigenvalue weighted by Gasteiger charge is 2.32. The number of hydrogen-bond donors (Lipinski definition) is 2. The van der Waals surface area contributed by atoms with E-state index in [1.165, 1.54) is 0 Å². The number of likely N-dealkylation sites (tertiary alicyclic amines) is 1. The number of rotatable bonds is 4. The van der Waals surface area contributed by atoms with Crippen LogP contribution >= 0.6 is 0 Å². The van der Waals surface area contributed by atoms with Crippen LogP contribution in [0.25, 0.3) is 11.1 Å². The molecule has 27 heavy (non-hydrogen) atoms. The zero-order valence-corrected chi connectivity index (χ0v) is 15.6. The van der Waals surface area contributed by atoms with Crippen LogP contribution in [0.5, 0.6) is 0 Å². The first-order valence-corrected chi connectivity index (χ1v) is 9.22. The molecule has 6 nitrogen and oxygen atoms in total. The zero-order chi connectivity index (χ0) is 19.4. The van der Waals surface area contributed by atoms with Crippen molar-refractivity contribution >= 4 is 12.0 Å². The minimum Gasteiger partial charge on any atom is -0.481 e. The van der Waals surface area contributed by atoms with Crippen LogP contribution in [-0.4, -0.2) is 40.1 Å². The summed E-state index contributed by atoms with van der Waals surface area (Å²) in [7, 11) is 0. The fourth-order valence-corrected chi connectivity index (χ4v) is 3.56. The second-order valence-electron chi connectivity index (χ2n) is 7.31. The minimum atomic E-state index is -0.834. The van der Waals surface area contributed by atoms with Gasteiger partial charge in [0.1, 0.15) is 0 Å². The molecule has 0 radical (unpaired) electrons. The van der Waals surface area contributed by atoms with Crippen molar-refractivity contribution in [3.8, 4) is 11.1 Å². The largest absolute Gasteiger partial charge is 0.481 e. The Hall–Kier alpha value is -2.89. The van der Waals surface area contributed by atoms with E-state index in [0.717, 1.165) is 16.7 Å². The molecule has 3 rings (SSSR count). The Morgan fingerprint density at radius 3 is 2.37 bits per heavy atom. The topological polar surface area (TPSA) is 82.5 Å². The molecule has 2 heterocycles. The van der Waals surface area contributed by atoms with Gasteiger partial charge >= 0.3 is 12.0 Å². The molecule has 1 aliphatic heterocycles. The molecule has 1 fully saturated rings. The van der Waals surface area contributed by atoms with Crippen molar-refractivity contribution in [2.45, 2.75) is 26.3 Å². The lowest BCUT2D eigenvalue weighted by Crippen LogP contribution is -2.49. The predicted octanol–water partition coefficient (Wildman–Crippen LogP) is 3.56. The van der Waals surface area contributed by atoms with Gasteiger partial charge in [-0.05, 0) is 48.1 Å². The summed E-state index contributed by atoms with van der Waals surface area (Å²) in [6.45, 7) is 4.76. The molecule has 3 atom stereocenters. The fourth-order valence-electron chi connectivity index (χ4n) is 3.56. The number of nitrogens with one attached hydrogen (secondary N) is 1. The quantitative estimate of drug-likeness (QED) is 0.866. The van der Waals surface area contributed by atoms with Gasteiger partial charge < -0.3 is 15.3 Å². The number of aromatic nitrogens is 1. The van der Waals surface area contributed by atoms with E-state index in [1.54, 1.807) is 17.3 Å². The van der Waals surface area contributed by atoms with Crippen molar-refractivity contribution in [1.29, 1.82) is 0 Å². The molecule has 142 valence electrons. The van der Waals surface area contributed by atoms with Crippen LogP contribution in [0.15, 0.2) is 48.8 Å². The summed E-state index contributed by atoms with van der Waals surface area (Å²) >= 11 is 0. The van der Waals surface area contributed by atoms with E-state index in [-0.39, 0.29) is 24.5 Å². The number of piperidine rings is 1. The highest BCUT2D eigenvalue weighted by Crippen LogP contribution is 2.24. The molecular weight excluding hydrogens is 342 g/mol. The predicted molar refractivity (Wildman–Crippen MR) is 103 cm³/mol. The van der Waals surface area contributed by atoms with Gasteiger partial charge in [-0.25, -0.2) is 4.79 Å². The number of hydrogen-bond acceptors (Lipinski definition) is 3. The number of nitrogens with zero attached hydrogens (tertiary/aromatic N) is 2. The van der Waals surface area contributed by atoms with Crippen LogP contribution in [0.4, 0.5) is 4.79 Å². The van der Waals surface area contributed by atoms with E-state index < -0.39 is 11.9 Å². The third kappa shape index (κ3) is 4.64. The molecule has 1 aliphatic rings. The molecule has 2 N–H and O–H groups in total. The Bertz CT molecular complexity index is 792. The number of benzene rings is 1. The van der Waals surface area contributed by atoms with Crippen molar-refractivity contribution in [3.63, 3.8) is 0 Å². The lowest BCUT2D eigenvalue weighted by molar-refractivity contribution is -0.143. The van der Waals surface area contributed by atoms with Gasteiger partial charge in [-0.3, -0.25) is 9.78 Å². The van der Waals surface area contributed by atoms with Crippen LogP contribution in [0.2, 0.25) is 0 Å². The van der Waals surface area contributed by atoms with Crippen LogP contribution in [0, 0.1) is 11.8 Å². The maximum atomic E-state index is 12.6. The highest BCUT2D eigenvalue weighted by atomic mass is 16.4. The SMILES string of the molecule is CC1CC(C(=O)O)CN(C(=O)NC(C)c2ccc(-c3ccncc3)cc2)C1. The van der Waals surface area contributed by atoms with E-state index in [4.69, 9.17) is 0 Å². The van der Waals surface area contributed by atoms with E-state index in [1.807, 2.05) is 50.2 Å². The summed E-state index contributed by atoms with van der Waals surface area (Å²) in [5.74, 6) is -1.14.